The number of para-hydroxylation sites is 1. The first kappa shape index (κ1) is 13.7. The van der Waals surface area contributed by atoms with E-state index in [2.05, 4.69) is 0 Å². The van der Waals surface area contributed by atoms with Crippen LogP contribution in [0.3, 0.4) is 0 Å². The van der Waals surface area contributed by atoms with Gasteiger partial charge < -0.3 is 19.0 Å². The summed E-state index contributed by atoms with van der Waals surface area (Å²) >= 11 is 0. The Labute approximate surface area is 122 Å². The molecular weight excluding hydrogens is 272 g/mol. The topological polar surface area (TPSA) is 68.9 Å². The Hall–Kier alpha value is -2.27. The van der Waals surface area contributed by atoms with Gasteiger partial charge >= 0.3 is 5.97 Å². The van der Waals surface area contributed by atoms with Crippen LogP contribution in [0.2, 0.25) is 0 Å². The van der Waals surface area contributed by atoms with Gasteiger partial charge in [0.05, 0.1) is 24.3 Å². The third-order valence-corrected chi connectivity index (χ3v) is 3.50. The largest absolute Gasteiger partial charge is 0.492 e. The standard InChI is InChI=1S/C16H16O5/c17-16(18)12-7-15(21-10-12)13-3-1-2-4-14(13)20-9-11-5-6-19-8-11/h1-4,7,10-11H,5-6,8-9H2,(H,17,18). The van der Waals surface area contributed by atoms with Gasteiger partial charge in [-0.2, -0.15) is 0 Å². The van der Waals surface area contributed by atoms with Crippen molar-refractivity contribution in [2.24, 2.45) is 5.92 Å². The molecule has 1 aliphatic heterocycles. The smallest absolute Gasteiger partial charge is 0.338 e. The molecule has 1 N–H and O–H groups in total. The number of carbonyl (C=O) groups is 1. The summed E-state index contributed by atoms with van der Waals surface area (Å²) in [7, 11) is 0. The van der Waals surface area contributed by atoms with Crippen LogP contribution >= 0.6 is 0 Å². The van der Waals surface area contributed by atoms with E-state index in [1.165, 1.54) is 12.3 Å². The summed E-state index contributed by atoms with van der Waals surface area (Å²) in [5.74, 6) is 0.581. The van der Waals surface area contributed by atoms with Crippen molar-refractivity contribution in [2.45, 2.75) is 6.42 Å². The number of aromatic carboxylic acids is 1. The van der Waals surface area contributed by atoms with Crippen LogP contribution in [-0.4, -0.2) is 30.9 Å². The quantitative estimate of drug-likeness (QED) is 0.915. The fraction of sp³-hybridized carbons (Fsp3) is 0.312. The van der Waals surface area contributed by atoms with E-state index >= 15 is 0 Å². The SMILES string of the molecule is O=C(O)c1coc(-c2ccccc2OCC2CCOC2)c1. The first-order chi connectivity index (χ1) is 10.2. The lowest BCUT2D eigenvalue weighted by Gasteiger charge is -2.12. The second-order valence-corrected chi connectivity index (χ2v) is 5.04. The number of furan rings is 1. The van der Waals surface area contributed by atoms with E-state index in [0.29, 0.717) is 24.0 Å². The van der Waals surface area contributed by atoms with Crippen LogP contribution in [0.5, 0.6) is 5.75 Å². The summed E-state index contributed by atoms with van der Waals surface area (Å²) in [6.45, 7) is 2.10. The maximum atomic E-state index is 10.9. The summed E-state index contributed by atoms with van der Waals surface area (Å²) in [5.41, 5.74) is 0.882. The zero-order valence-electron chi connectivity index (χ0n) is 11.5. The lowest BCUT2D eigenvalue weighted by molar-refractivity contribution is 0.0696. The van der Waals surface area contributed by atoms with Crippen LogP contribution in [0.1, 0.15) is 16.8 Å². The maximum absolute atomic E-state index is 10.9. The molecule has 1 atom stereocenters. The van der Waals surface area contributed by atoms with Crippen molar-refractivity contribution in [3.05, 3.63) is 42.2 Å². The summed E-state index contributed by atoms with van der Waals surface area (Å²) in [6, 6.07) is 8.96. The van der Waals surface area contributed by atoms with Crippen LogP contribution < -0.4 is 4.74 Å². The predicted octanol–water partition coefficient (Wildman–Crippen LogP) is 3.06. The molecule has 21 heavy (non-hydrogen) atoms. The molecular formula is C16H16O5. The van der Waals surface area contributed by atoms with Crippen molar-refractivity contribution >= 4 is 5.97 Å². The van der Waals surface area contributed by atoms with Gasteiger partial charge in [-0.15, -0.1) is 0 Å². The molecule has 1 aromatic carbocycles. The van der Waals surface area contributed by atoms with Crippen molar-refractivity contribution < 1.29 is 23.8 Å². The molecule has 0 spiro atoms. The molecule has 5 heteroatoms. The van der Waals surface area contributed by atoms with Gasteiger partial charge in [0.25, 0.3) is 0 Å². The minimum atomic E-state index is -1.01. The lowest BCUT2D eigenvalue weighted by Crippen LogP contribution is -2.11. The summed E-state index contributed by atoms with van der Waals surface area (Å²) in [4.78, 5) is 10.9. The first-order valence-electron chi connectivity index (χ1n) is 6.86. The Morgan fingerprint density at radius 3 is 2.95 bits per heavy atom. The molecule has 2 aromatic rings. The van der Waals surface area contributed by atoms with E-state index < -0.39 is 5.97 Å². The van der Waals surface area contributed by atoms with Crippen molar-refractivity contribution in [2.75, 3.05) is 19.8 Å². The number of benzene rings is 1. The minimum Gasteiger partial charge on any atom is -0.492 e. The maximum Gasteiger partial charge on any atom is 0.338 e. The highest BCUT2D eigenvalue weighted by molar-refractivity contribution is 5.88. The zero-order chi connectivity index (χ0) is 14.7. The van der Waals surface area contributed by atoms with Gasteiger partial charge in [-0.05, 0) is 24.6 Å². The van der Waals surface area contributed by atoms with E-state index in [0.717, 1.165) is 25.2 Å². The molecule has 0 bridgehead atoms. The third kappa shape index (κ3) is 3.08. The molecule has 110 valence electrons. The Kier molecular flexibility index (Phi) is 3.92. The number of hydrogen-bond donors (Lipinski definition) is 1. The highest BCUT2D eigenvalue weighted by Crippen LogP contribution is 2.31. The van der Waals surface area contributed by atoms with E-state index in [4.69, 9.17) is 19.0 Å². The lowest BCUT2D eigenvalue weighted by atomic mass is 10.1. The molecule has 0 amide bonds. The van der Waals surface area contributed by atoms with E-state index in [1.54, 1.807) is 0 Å². The second kappa shape index (κ2) is 6.01. The molecule has 0 radical (unpaired) electrons. The van der Waals surface area contributed by atoms with Gasteiger partial charge in [-0.25, -0.2) is 4.79 Å². The van der Waals surface area contributed by atoms with Crippen molar-refractivity contribution in [3.8, 4) is 17.1 Å². The third-order valence-electron chi connectivity index (χ3n) is 3.50. The number of hydrogen-bond acceptors (Lipinski definition) is 4. The molecule has 1 aliphatic rings. The fourth-order valence-corrected chi connectivity index (χ4v) is 2.31. The van der Waals surface area contributed by atoms with Crippen molar-refractivity contribution in [3.63, 3.8) is 0 Å². The number of carboxylic acids is 1. The minimum absolute atomic E-state index is 0.129. The predicted molar refractivity (Wildman–Crippen MR) is 75.5 cm³/mol. The highest BCUT2D eigenvalue weighted by atomic mass is 16.5. The Morgan fingerprint density at radius 1 is 1.38 bits per heavy atom. The summed E-state index contributed by atoms with van der Waals surface area (Å²) in [5, 5.41) is 8.96. The van der Waals surface area contributed by atoms with E-state index in [1.807, 2.05) is 24.3 Å². The molecule has 1 fully saturated rings. The molecule has 1 saturated heterocycles. The molecule has 3 rings (SSSR count). The normalized spacial score (nSPS) is 17.8. The van der Waals surface area contributed by atoms with Gasteiger partial charge in [-0.1, -0.05) is 12.1 Å². The highest BCUT2D eigenvalue weighted by Gasteiger charge is 2.18. The van der Waals surface area contributed by atoms with E-state index in [9.17, 15) is 4.79 Å². The molecule has 0 saturated carbocycles. The molecule has 5 nitrogen and oxygen atoms in total. The van der Waals surface area contributed by atoms with Gasteiger partial charge in [0, 0.05) is 12.5 Å². The van der Waals surface area contributed by atoms with Gasteiger partial charge in [0.1, 0.15) is 17.8 Å². The van der Waals surface area contributed by atoms with Crippen molar-refractivity contribution in [1.82, 2.24) is 0 Å². The van der Waals surface area contributed by atoms with Crippen LogP contribution in [0.25, 0.3) is 11.3 Å². The van der Waals surface area contributed by atoms with Crippen LogP contribution in [0.4, 0.5) is 0 Å². The number of rotatable bonds is 5. The molecule has 1 aromatic heterocycles. The fourth-order valence-electron chi connectivity index (χ4n) is 2.31. The molecule has 0 aliphatic carbocycles. The van der Waals surface area contributed by atoms with Crippen molar-refractivity contribution in [1.29, 1.82) is 0 Å². The average molecular weight is 288 g/mol. The zero-order valence-corrected chi connectivity index (χ0v) is 11.5. The Balaban J connectivity index is 1.79. The Morgan fingerprint density at radius 2 is 2.24 bits per heavy atom. The number of ether oxygens (including phenoxy) is 2. The summed E-state index contributed by atoms with van der Waals surface area (Å²) < 4.78 is 16.5. The second-order valence-electron chi connectivity index (χ2n) is 5.04. The van der Waals surface area contributed by atoms with Crippen LogP contribution in [0.15, 0.2) is 41.0 Å². The first-order valence-corrected chi connectivity index (χ1v) is 6.86. The van der Waals surface area contributed by atoms with Crippen LogP contribution in [-0.2, 0) is 4.74 Å². The monoisotopic (exact) mass is 288 g/mol. The average Bonchev–Trinajstić information content (AvgIpc) is 3.17. The van der Waals surface area contributed by atoms with Gasteiger partial charge in [0.15, 0.2) is 0 Å². The summed E-state index contributed by atoms with van der Waals surface area (Å²) in [6.07, 6.45) is 2.24. The molecule has 1 unspecified atom stereocenters. The van der Waals surface area contributed by atoms with Gasteiger partial charge in [-0.3, -0.25) is 0 Å². The van der Waals surface area contributed by atoms with Gasteiger partial charge in [0.2, 0.25) is 0 Å². The molecule has 2 heterocycles. The van der Waals surface area contributed by atoms with E-state index in [-0.39, 0.29) is 5.56 Å². The number of carboxylic acid groups (broad SMARTS) is 1. The Bertz CT molecular complexity index is 625. The van der Waals surface area contributed by atoms with Crippen LogP contribution in [0, 0.1) is 5.92 Å².